The van der Waals surface area contributed by atoms with Crippen molar-refractivity contribution >= 4 is 11.8 Å². The first-order chi connectivity index (χ1) is 7.76. The molecule has 1 unspecified atom stereocenters. The number of benzene rings is 1. The lowest BCUT2D eigenvalue weighted by Crippen LogP contribution is -2.27. The molecule has 0 saturated carbocycles. The lowest BCUT2D eigenvalue weighted by molar-refractivity contribution is 0.339. The van der Waals surface area contributed by atoms with E-state index >= 15 is 0 Å². The number of hydrogen-bond donors (Lipinski definition) is 1. The Hall–Kier alpha value is -0.670. The summed E-state index contributed by atoms with van der Waals surface area (Å²) in [6.45, 7) is 5.84. The third-order valence-electron chi connectivity index (χ3n) is 2.28. The fourth-order valence-corrected chi connectivity index (χ4v) is 2.13. The molecule has 0 spiro atoms. The molecule has 0 heterocycles. The van der Waals surface area contributed by atoms with Crippen molar-refractivity contribution in [2.24, 2.45) is 0 Å². The van der Waals surface area contributed by atoms with Gasteiger partial charge in [0, 0.05) is 18.3 Å². The van der Waals surface area contributed by atoms with Crippen molar-refractivity contribution in [3.63, 3.8) is 0 Å². The molecule has 0 amide bonds. The molecule has 0 bridgehead atoms. The van der Waals surface area contributed by atoms with Gasteiger partial charge in [-0.2, -0.15) is 11.8 Å². The monoisotopic (exact) mass is 239 g/mol. The minimum atomic E-state index is 0.547. The molecule has 0 fully saturated rings. The van der Waals surface area contributed by atoms with Crippen molar-refractivity contribution in [3.05, 3.63) is 29.8 Å². The van der Waals surface area contributed by atoms with Gasteiger partial charge in [0.2, 0.25) is 0 Å². The quantitative estimate of drug-likeness (QED) is 0.790. The SMILES string of the molecule is CCOc1cccc(CNC(C)CSC)c1. The van der Waals surface area contributed by atoms with Crippen LogP contribution in [-0.2, 0) is 6.54 Å². The first kappa shape index (κ1) is 13.4. The lowest BCUT2D eigenvalue weighted by atomic mass is 10.2. The maximum absolute atomic E-state index is 5.47. The predicted molar refractivity (Wildman–Crippen MR) is 72.3 cm³/mol. The molecule has 0 aromatic heterocycles. The topological polar surface area (TPSA) is 21.3 Å². The minimum Gasteiger partial charge on any atom is -0.494 e. The normalized spacial score (nSPS) is 12.4. The van der Waals surface area contributed by atoms with Crippen LogP contribution in [0.15, 0.2) is 24.3 Å². The molecule has 0 aliphatic rings. The van der Waals surface area contributed by atoms with Gasteiger partial charge in [-0.15, -0.1) is 0 Å². The fraction of sp³-hybridized carbons (Fsp3) is 0.538. The molecule has 1 rings (SSSR count). The molecule has 0 radical (unpaired) electrons. The van der Waals surface area contributed by atoms with Crippen LogP contribution in [0.4, 0.5) is 0 Å². The van der Waals surface area contributed by atoms with Crippen molar-refractivity contribution in [2.45, 2.75) is 26.4 Å². The Kier molecular flexibility index (Phi) is 6.34. The highest BCUT2D eigenvalue weighted by atomic mass is 32.2. The second kappa shape index (κ2) is 7.58. The Balaban J connectivity index is 2.44. The second-order valence-corrected chi connectivity index (χ2v) is 4.73. The largest absolute Gasteiger partial charge is 0.494 e. The molecule has 2 nitrogen and oxygen atoms in total. The Bertz CT molecular complexity index is 304. The van der Waals surface area contributed by atoms with Crippen molar-refractivity contribution < 1.29 is 4.74 Å². The molecule has 1 atom stereocenters. The molecule has 1 N–H and O–H groups in total. The first-order valence-electron chi connectivity index (χ1n) is 5.70. The van der Waals surface area contributed by atoms with E-state index in [1.54, 1.807) is 0 Å². The zero-order valence-corrected chi connectivity index (χ0v) is 11.1. The zero-order valence-electron chi connectivity index (χ0n) is 10.3. The van der Waals surface area contributed by atoms with Crippen LogP contribution in [0.5, 0.6) is 5.75 Å². The first-order valence-corrected chi connectivity index (χ1v) is 7.09. The standard InChI is InChI=1S/C13H21NOS/c1-4-15-13-7-5-6-12(8-13)9-14-11(2)10-16-3/h5-8,11,14H,4,9-10H2,1-3H3. The van der Waals surface area contributed by atoms with Gasteiger partial charge in [-0.25, -0.2) is 0 Å². The van der Waals surface area contributed by atoms with Gasteiger partial charge in [-0.05, 0) is 37.8 Å². The van der Waals surface area contributed by atoms with E-state index in [9.17, 15) is 0 Å². The summed E-state index contributed by atoms with van der Waals surface area (Å²) in [5.41, 5.74) is 1.28. The third kappa shape index (κ3) is 4.90. The Labute approximate surface area is 103 Å². The molecule has 90 valence electrons. The van der Waals surface area contributed by atoms with Crippen LogP contribution in [-0.4, -0.2) is 24.7 Å². The Morgan fingerprint density at radius 1 is 1.44 bits per heavy atom. The Morgan fingerprint density at radius 2 is 2.25 bits per heavy atom. The van der Waals surface area contributed by atoms with Gasteiger partial charge in [-0.1, -0.05) is 12.1 Å². The van der Waals surface area contributed by atoms with E-state index in [-0.39, 0.29) is 0 Å². The number of hydrogen-bond acceptors (Lipinski definition) is 3. The lowest BCUT2D eigenvalue weighted by Gasteiger charge is -2.13. The highest BCUT2D eigenvalue weighted by Gasteiger charge is 2.01. The van der Waals surface area contributed by atoms with Gasteiger partial charge in [0.25, 0.3) is 0 Å². The van der Waals surface area contributed by atoms with Gasteiger partial charge in [0.1, 0.15) is 5.75 Å². The van der Waals surface area contributed by atoms with E-state index in [0.717, 1.165) is 24.7 Å². The van der Waals surface area contributed by atoms with Crippen molar-refractivity contribution in [1.82, 2.24) is 5.32 Å². The summed E-state index contributed by atoms with van der Waals surface area (Å²) in [6.07, 6.45) is 2.13. The van der Waals surface area contributed by atoms with Crippen LogP contribution in [0.2, 0.25) is 0 Å². The molecule has 1 aromatic carbocycles. The molecular weight excluding hydrogens is 218 g/mol. The van der Waals surface area contributed by atoms with Crippen molar-refractivity contribution in [2.75, 3.05) is 18.6 Å². The maximum atomic E-state index is 5.47. The molecule has 16 heavy (non-hydrogen) atoms. The predicted octanol–water partition coefficient (Wildman–Crippen LogP) is 2.93. The number of thioether (sulfide) groups is 1. The third-order valence-corrected chi connectivity index (χ3v) is 3.11. The van der Waals surface area contributed by atoms with Gasteiger partial charge in [0.05, 0.1) is 6.61 Å². The van der Waals surface area contributed by atoms with Crippen molar-refractivity contribution in [1.29, 1.82) is 0 Å². The van der Waals surface area contributed by atoms with Gasteiger partial charge >= 0.3 is 0 Å². The molecule has 1 aromatic rings. The average Bonchev–Trinajstić information content (AvgIpc) is 2.28. The van der Waals surface area contributed by atoms with Crippen LogP contribution in [0.25, 0.3) is 0 Å². The maximum Gasteiger partial charge on any atom is 0.119 e. The molecule has 0 saturated heterocycles. The molecule has 3 heteroatoms. The number of ether oxygens (including phenoxy) is 1. The zero-order chi connectivity index (χ0) is 11.8. The van der Waals surface area contributed by atoms with E-state index in [1.165, 1.54) is 5.56 Å². The molecule has 0 aliphatic carbocycles. The molecule has 0 aliphatic heterocycles. The van der Waals surface area contributed by atoms with Crippen LogP contribution in [0.1, 0.15) is 19.4 Å². The van der Waals surface area contributed by atoms with Crippen LogP contribution >= 0.6 is 11.8 Å². The van der Waals surface area contributed by atoms with Gasteiger partial charge < -0.3 is 10.1 Å². The number of rotatable bonds is 7. The van der Waals surface area contributed by atoms with E-state index in [1.807, 2.05) is 30.8 Å². The van der Waals surface area contributed by atoms with Crippen molar-refractivity contribution in [3.8, 4) is 5.75 Å². The van der Waals surface area contributed by atoms with Crippen LogP contribution < -0.4 is 10.1 Å². The summed E-state index contributed by atoms with van der Waals surface area (Å²) >= 11 is 1.87. The van der Waals surface area contributed by atoms with E-state index in [2.05, 4.69) is 30.6 Å². The van der Waals surface area contributed by atoms with E-state index in [4.69, 9.17) is 4.74 Å². The highest BCUT2D eigenvalue weighted by Crippen LogP contribution is 2.13. The van der Waals surface area contributed by atoms with E-state index in [0.29, 0.717) is 6.04 Å². The van der Waals surface area contributed by atoms with Gasteiger partial charge in [0.15, 0.2) is 0 Å². The summed E-state index contributed by atoms with van der Waals surface area (Å²) < 4.78 is 5.47. The van der Waals surface area contributed by atoms with Gasteiger partial charge in [-0.3, -0.25) is 0 Å². The highest BCUT2D eigenvalue weighted by molar-refractivity contribution is 7.98. The summed E-state index contributed by atoms with van der Waals surface area (Å²) in [4.78, 5) is 0. The average molecular weight is 239 g/mol. The smallest absolute Gasteiger partial charge is 0.119 e. The van der Waals surface area contributed by atoms with E-state index < -0.39 is 0 Å². The second-order valence-electron chi connectivity index (χ2n) is 3.82. The summed E-state index contributed by atoms with van der Waals surface area (Å²) in [7, 11) is 0. The minimum absolute atomic E-state index is 0.547. The number of nitrogens with one attached hydrogen (secondary N) is 1. The van der Waals surface area contributed by atoms with Crippen LogP contribution in [0, 0.1) is 0 Å². The summed E-state index contributed by atoms with van der Waals surface area (Å²) in [5.74, 6) is 2.10. The summed E-state index contributed by atoms with van der Waals surface area (Å²) in [5, 5.41) is 3.49. The van der Waals surface area contributed by atoms with Crippen LogP contribution in [0.3, 0.4) is 0 Å². The summed E-state index contributed by atoms with van der Waals surface area (Å²) in [6, 6.07) is 8.81. The molecular formula is C13H21NOS. The fourth-order valence-electron chi connectivity index (χ4n) is 1.51. The Morgan fingerprint density at radius 3 is 2.94 bits per heavy atom.